The highest BCUT2D eigenvalue weighted by molar-refractivity contribution is 7.91. The molecular formula is C17H22N4O3S. The second-order valence-electron chi connectivity index (χ2n) is 6.27. The van der Waals surface area contributed by atoms with Crippen LogP contribution in [-0.2, 0) is 9.84 Å². The third kappa shape index (κ3) is 3.53. The Kier molecular flexibility index (Phi) is 4.80. The number of methoxy groups -OCH3 is 1. The van der Waals surface area contributed by atoms with Gasteiger partial charge in [0.2, 0.25) is 15.8 Å². The summed E-state index contributed by atoms with van der Waals surface area (Å²) in [6, 6.07) is 6.14. The van der Waals surface area contributed by atoms with Crippen molar-refractivity contribution in [2.24, 2.45) is 5.92 Å². The molecule has 134 valence electrons. The molecule has 3 rings (SSSR count). The quantitative estimate of drug-likeness (QED) is 0.889. The maximum Gasteiger partial charge on any atom is 0.227 e. The molecule has 0 atom stereocenters. The van der Waals surface area contributed by atoms with Crippen LogP contribution in [0.1, 0.15) is 19.8 Å². The molecule has 25 heavy (non-hydrogen) atoms. The number of ether oxygens (including phenoxy) is 1. The first-order chi connectivity index (χ1) is 11.9. The fourth-order valence-corrected chi connectivity index (χ4v) is 4.08. The van der Waals surface area contributed by atoms with Crippen LogP contribution in [0.3, 0.4) is 0 Å². The molecule has 0 amide bonds. The first-order valence-corrected chi connectivity index (χ1v) is 9.66. The zero-order valence-electron chi connectivity index (χ0n) is 14.3. The van der Waals surface area contributed by atoms with E-state index in [2.05, 4.69) is 16.9 Å². The Hall–Kier alpha value is -2.35. The average molecular weight is 362 g/mol. The predicted octanol–water partition coefficient (Wildman–Crippen LogP) is 2.14. The van der Waals surface area contributed by atoms with Crippen LogP contribution in [0.2, 0.25) is 0 Å². The Morgan fingerprint density at radius 3 is 2.40 bits per heavy atom. The maximum absolute atomic E-state index is 12.8. The lowest BCUT2D eigenvalue weighted by atomic mass is 10.00. The molecule has 8 heteroatoms. The van der Waals surface area contributed by atoms with Gasteiger partial charge >= 0.3 is 0 Å². The zero-order valence-corrected chi connectivity index (χ0v) is 15.2. The van der Waals surface area contributed by atoms with Gasteiger partial charge in [-0.2, -0.15) is 4.98 Å². The fraction of sp³-hybridized carbons (Fsp3) is 0.412. The molecule has 1 saturated heterocycles. The smallest absolute Gasteiger partial charge is 0.227 e. The fourth-order valence-electron chi connectivity index (χ4n) is 2.82. The molecule has 0 aliphatic carbocycles. The maximum atomic E-state index is 12.8. The summed E-state index contributed by atoms with van der Waals surface area (Å²) in [7, 11) is -2.25. The number of nitrogens with zero attached hydrogens (tertiary/aromatic N) is 3. The van der Waals surface area contributed by atoms with Crippen molar-refractivity contribution in [3.05, 3.63) is 30.5 Å². The SMILES string of the molecule is COc1ccc(S(=O)(=O)c2cnc(N3CCC(C)CC3)nc2N)cc1. The normalized spacial score (nSPS) is 16.0. The molecule has 7 nitrogen and oxygen atoms in total. The third-order valence-corrected chi connectivity index (χ3v) is 6.28. The van der Waals surface area contributed by atoms with Gasteiger partial charge < -0.3 is 15.4 Å². The summed E-state index contributed by atoms with van der Waals surface area (Å²) in [6.07, 6.45) is 3.43. The number of sulfone groups is 1. The summed E-state index contributed by atoms with van der Waals surface area (Å²) < 4.78 is 30.6. The minimum Gasteiger partial charge on any atom is -0.497 e. The summed E-state index contributed by atoms with van der Waals surface area (Å²) in [5, 5.41) is 0. The van der Waals surface area contributed by atoms with E-state index in [-0.39, 0.29) is 15.6 Å². The summed E-state index contributed by atoms with van der Waals surface area (Å²) in [6.45, 7) is 3.92. The third-order valence-electron chi connectivity index (χ3n) is 4.50. The molecule has 2 aromatic rings. The number of aromatic nitrogens is 2. The molecule has 0 saturated carbocycles. The minimum absolute atomic E-state index is 0.0283. The van der Waals surface area contributed by atoms with Gasteiger partial charge in [0, 0.05) is 13.1 Å². The van der Waals surface area contributed by atoms with Gasteiger partial charge in [-0.25, -0.2) is 13.4 Å². The van der Waals surface area contributed by atoms with E-state index >= 15 is 0 Å². The van der Waals surface area contributed by atoms with Crippen molar-refractivity contribution in [3.8, 4) is 5.75 Å². The van der Waals surface area contributed by atoms with Crippen LogP contribution in [0.5, 0.6) is 5.75 Å². The van der Waals surface area contributed by atoms with Crippen LogP contribution in [0.15, 0.2) is 40.3 Å². The summed E-state index contributed by atoms with van der Waals surface area (Å²) in [5.74, 6) is 1.72. The molecule has 0 unspecified atom stereocenters. The second-order valence-corrected chi connectivity index (χ2v) is 8.19. The lowest BCUT2D eigenvalue weighted by molar-refractivity contribution is 0.414. The van der Waals surface area contributed by atoms with E-state index < -0.39 is 9.84 Å². The number of anilines is 2. The topological polar surface area (TPSA) is 98.4 Å². The van der Waals surface area contributed by atoms with Crippen molar-refractivity contribution in [3.63, 3.8) is 0 Å². The number of piperidine rings is 1. The van der Waals surface area contributed by atoms with Gasteiger partial charge in [0.05, 0.1) is 18.2 Å². The molecule has 0 spiro atoms. The Morgan fingerprint density at radius 2 is 1.84 bits per heavy atom. The average Bonchev–Trinajstić information content (AvgIpc) is 2.62. The van der Waals surface area contributed by atoms with E-state index in [9.17, 15) is 8.42 Å². The van der Waals surface area contributed by atoms with Crippen LogP contribution in [-0.4, -0.2) is 38.6 Å². The van der Waals surface area contributed by atoms with Gasteiger partial charge in [0.15, 0.2) is 0 Å². The van der Waals surface area contributed by atoms with E-state index in [1.807, 2.05) is 4.90 Å². The molecule has 0 bridgehead atoms. The lowest BCUT2D eigenvalue weighted by Crippen LogP contribution is -2.34. The van der Waals surface area contributed by atoms with Gasteiger partial charge in [-0.05, 0) is 43.0 Å². The molecule has 1 aromatic heterocycles. The number of nitrogen functional groups attached to an aromatic ring is 1. The van der Waals surface area contributed by atoms with Gasteiger partial charge in [-0.1, -0.05) is 6.92 Å². The number of rotatable bonds is 4. The van der Waals surface area contributed by atoms with E-state index in [0.717, 1.165) is 25.9 Å². The zero-order chi connectivity index (χ0) is 18.0. The van der Waals surface area contributed by atoms with Crippen LogP contribution in [0.25, 0.3) is 0 Å². The Morgan fingerprint density at radius 1 is 1.20 bits per heavy atom. The number of hydrogen-bond donors (Lipinski definition) is 1. The Bertz CT molecular complexity index is 845. The molecule has 2 heterocycles. The molecular weight excluding hydrogens is 340 g/mol. The molecule has 1 fully saturated rings. The van der Waals surface area contributed by atoms with Gasteiger partial charge in [-0.3, -0.25) is 0 Å². The van der Waals surface area contributed by atoms with E-state index in [0.29, 0.717) is 17.6 Å². The van der Waals surface area contributed by atoms with Gasteiger partial charge in [0.1, 0.15) is 16.5 Å². The standard InChI is InChI=1S/C17H22N4O3S/c1-12-7-9-21(10-8-12)17-19-11-15(16(18)20-17)25(22,23)14-5-3-13(24-2)4-6-14/h3-6,11-12H,7-10H2,1-2H3,(H2,18,19,20). The van der Waals surface area contributed by atoms with E-state index in [4.69, 9.17) is 10.5 Å². The molecule has 2 N–H and O–H groups in total. The summed E-state index contributed by atoms with van der Waals surface area (Å²) in [4.78, 5) is 10.6. The van der Waals surface area contributed by atoms with Crippen LogP contribution >= 0.6 is 0 Å². The number of hydrogen-bond acceptors (Lipinski definition) is 7. The summed E-state index contributed by atoms with van der Waals surface area (Å²) >= 11 is 0. The van der Waals surface area contributed by atoms with Crippen molar-refractivity contribution >= 4 is 21.6 Å². The molecule has 1 aliphatic heterocycles. The first kappa shape index (κ1) is 17.5. The van der Waals surface area contributed by atoms with Crippen molar-refractivity contribution in [2.75, 3.05) is 30.8 Å². The van der Waals surface area contributed by atoms with E-state index in [1.54, 1.807) is 12.1 Å². The molecule has 1 aliphatic rings. The van der Waals surface area contributed by atoms with Crippen molar-refractivity contribution in [1.82, 2.24) is 9.97 Å². The minimum atomic E-state index is -3.77. The van der Waals surface area contributed by atoms with Crippen molar-refractivity contribution in [2.45, 2.75) is 29.6 Å². The first-order valence-electron chi connectivity index (χ1n) is 8.18. The molecule has 1 aromatic carbocycles. The van der Waals surface area contributed by atoms with Crippen molar-refractivity contribution in [1.29, 1.82) is 0 Å². The Balaban J connectivity index is 1.89. The monoisotopic (exact) mass is 362 g/mol. The highest BCUT2D eigenvalue weighted by Crippen LogP contribution is 2.28. The number of benzene rings is 1. The second kappa shape index (κ2) is 6.87. The van der Waals surface area contributed by atoms with E-state index in [1.165, 1.54) is 25.4 Å². The van der Waals surface area contributed by atoms with Crippen molar-refractivity contribution < 1.29 is 13.2 Å². The van der Waals surface area contributed by atoms with Gasteiger partial charge in [-0.15, -0.1) is 0 Å². The lowest BCUT2D eigenvalue weighted by Gasteiger charge is -2.30. The van der Waals surface area contributed by atoms with Crippen LogP contribution in [0.4, 0.5) is 11.8 Å². The predicted molar refractivity (Wildman–Crippen MR) is 95.5 cm³/mol. The largest absolute Gasteiger partial charge is 0.497 e. The Labute approximate surface area is 147 Å². The summed E-state index contributed by atoms with van der Waals surface area (Å²) in [5.41, 5.74) is 5.95. The molecule has 0 radical (unpaired) electrons. The highest BCUT2D eigenvalue weighted by Gasteiger charge is 2.24. The number of nitrogens with two attached hydrogens (primary N) is 1. The van der Waals surface area contributed by atoms with Gasteiger partial charge in [0.25, 0.3) is 0 Å². The van der Waals surface area contributed by atoms with Crippen LogP contribution in [0, 0.1) is 5.92 Å². The highest BCUT2D eigenvalue weighted by atomic mass is 32.2. The van der Waals surface area contributed by atoms with Crippen LogP contribution < -0.4 is 15.4 Å².